The predicted molar refractivity (Wildman–Crippen MR) is 97.6 cm³/mol. The van der Waals surface area contributed by atoms with Crippen LogP contribution in [-0.2, 0) is 0 Å². The maximum absolute atomic E-state index is 6.23. The van der Waals surface area contributed by atoms with E-state index in [1.165, 1.54) is 11.1 Å². The van der Waals surface area contributed by atoms with Crippen LogP contribution in [0.2, 0.25) is 5.02 Å². The molecular weight excluding hydrogens is 320 g/mol. The Hall–Kier alpha value is -2.00. The van der Waals surface area contributed by atoms with Crippen LogP contribution < -0.4 is 4.74 Å². The van der Waals surface area contributed by atoms with Crippen LogP contribution in [0.15, 0.2) is 47.6 Å². The lowest BCUT2D eigenvalue weighted by Crippen LogP contribution is -2.43. The molecule has 2 aromatic carbocycles. The second kappa shape index (κ2) is 5.82. The van der Waals surface area contributed by atoms with Gasteiger partial charge in [-0.05, 0) is 30.7 Å². The molecule has 2 aromatic rings. The number of benzene rings is 2. The first-order valence-corrected chi connectivity index (χ1v) is 8.79. The van der Waals surface area contributed by atoms with E-state index in [1.54, 1.807) is 0 Å². The molecule has 2 aliphatic rings. The Morgan fingerprint density at radius 1 is 1.17 bits per heavy atom. The summed E-state index contributed by atoms with van der Waals surface area (Å²) in [7, 11) is 0. The summed E-state index contributed by atoms with van der Waals surface area (Å²) in [4.78, 5) is 0. The van der Waals surface area contributed by atoms with Gasteiger partial charge in [0.2, 0.25) is 0 Å². The van der Waals surface area contributed by atoms with E-state index in [0.717, 1.165) is 28.5 Å². The highest BCUT2D eigenvalue weighted by Gasteiger charge is 2.41. The van der Waals surface area contributed by atoms with E-state index in [4.69, 9.17) is 21.4 Å². The van der Waals surface area contributed by atoms with Crippen LogP contribution in [0.3, 0.4) is 0 Å². The van der Waals surface area contributed by atoms with Crippen molar-refractivity contribution in [3.8, 4) is 5.75 Å². The SMILES string of the molecule is Cc1ccc(C2=NN3[C@@H](C(C)C)Oc4ccc(Cl)cc4[C@@H]3C2)cc1. The van der Waals surface area contributed by atoms with Gasteiger partial charge in [0, 0.05) is 22.9 Å². The van der Waals surface area contributed by atoms with Crippen molar-refractivity contribution in [1.82, 2.24) is 5.01 Å². The molecule has 0 amide bonds. The number of nitrogens with zero attached hydrogens (tertiary/aromatic N) is 2. The van der Waals surface area contributed by atoms with Gasteiger partial charge in [0.25, 0.3) is 0 Å². The maximum atomic E-state index is 6.23. The van der Waals surface area contributed by atoms with Crippen molar-refractivity contribution in [2.45, 2.75) is 39.5 Å². The van der Waals surface area contributed by atoms with Crippen molar-refractivity contribution in [1.29, 1.82) is 0 Å². The molecule has 3 nitrogen and oxygen atoms in total. The van der Waals surface area contributed by atoms with Gasteiger partial charge in [0.15, 0.2) is 6.23 Å². The summed E-state index contributed by atoms with van der Waals surface area (Å²) in [6.45, 7) is 6.44. The lowest BCUT2D eigenvalue weighted by Gasteiger charge is -2.40. The van der Waals surface area contributed by atoms with Gasteiger partial charge < -0.3 is 4.74 Å². The molecule has 4 heteroatoms. The molecule has 0 fully saturated rings. The molecule has 0 saturated carbocycles. The van der Waals surface area contributed by atoms with Crippen LogP contribution in [0.4, 0.5) is 0 Å². The average Bonchev–Trinajstić information content (AvgIpc) is 3.00. The van der Waals surface area contributed by atoms with Crippen molar-refractivity contribution >= 4 is 17.3 Å². The van der Waals surface area contributed by atoms with Crippen LogP contribution in [0.5, 0.6) is 5.75 Å². The third-order valence-electron chi connectivity index (χ3n) is 4.74. The fourth-order valence-corrected chi connectivity index (χ4v) is 3.63. The van der Waals surface area contributed by atoms with Crippen LogP contribution >= 0.6 is 11.6 Å². The Morgan fingerprint density at radius 3 is 2.62 bits per heavy atom. The number of hydrazone groups is 1. The molecule has 0 saturated heterocycles. The zero-order valence-electron chi connectivity index (χ0n) is 14.2. The molecule has 24 heavy (non-hydrogen) atoms. The lowest BCUT2D eigenvalue weighted by atomic mass is 9.95. The Labute approximate surface area is 147 Å². The molecule has 2 heterocycles. The van der Waals surface area contributed by atoms with Crippen LogP contribution in [0, 0.1) is 12.8 Å². The second-order valence-electron chi connectivity index (χ2n) is 6.95. The number of fused-ring (bicyclic) bond motifs is 3. The highest BCUT2D eigenvalue weighted by atomic mass is 35.5. The van der Waals surface area contributed by atoms with Gasteiger partial charge in [-0.25, -0.2) is 5.01 Å². The van der Waals surface area contributed by atoms with Gasteiger partial charge in [0.1, 0.15) is 5.75 Å². The van der Waals surface area contributed by atoms with Gasteiger partial charge in [-0.3, -0.25) is 0 Å². The third kappa shape index (κ3) is 2.57. The Kier molecular flexibility index (Phi) is 3.76. The van der Waals surface area contributed by atoms with Crippen LogP contribution in [0.25, 0.3) is 0 Å². The van der Waals surface area contributed by atoms with E-state index in [0.29, 0.717) is 5.92 Å². The van der Waals surface area contributed by atoms with Gasteiger partial charge >= 0.3 is 0 Å². The van der Waals surface area contributed by atoms with Gasteiger partial charge in [-0.15, -0.1) is 0 Å². The van der Waals surface area contributed by atoms with Crippen LogP contribution in [0.1, 0.15) is 43.0 Å². The van der Waals surface area contributed by atoms with E-state index < -0.39 is 0 Å². The normalized spacial score (nSPS) is 22.0. The number of rotatable bonds is 2. The second-order valence-corrected chi connectivity index (χ2v) is 7.38. The van der Waals surface area contributed by atoms with E-state index in [-0.39, 0.29) is 12.3 Å². The molecule has 0 N–H and O–H groups in total. The molecule has 0 bridgehead atoms. The zero-order valence-corrected chi connectivity index (χ0v) is 14.9. The summed E-state index contributed by atoms with van der Waals surface area (Å²) in [5, 5.41) is 7.79. The standard InChI is InChI=1S/C20H21ClN2O/c1-12(2)20-23-18(16-10-15(21)8-9-19(16)24-20)11-17(22-23)14-6-4-13(3)5-7-14/h4-10,12,18,20H,11H2,1-3H3/t18-,20+/m0/s1. The largest absolute Gasteiger partial charge is 0.468 e. The minimum absolute atomic E-state index is 0.0494. The molecule has 2 atom stereocenters. The molecule has 4 rings (SSSR count). The fourth-order valence-electron chi connectivity index (χ4n) is 3.45. The van der Waals surface area contributed by atoms with Crippen molar-refractivity contribution in [2.24, 2.45) is 11.0 Å². The maximum Gasteiger partial charge on any atom is 0.190 e. The first kappa shape index (κ1) is 15.5. The van der Waals surface area contributed by atoms with Gasteiger partial charge in [-0.1, -0.05) is 55.3 Å². The molecule has 124 valence electrons. The summed E-state index contributed by atoms with van der Waals surface area (Å²) in [5.74, 6) is 1.28. The molecule has 0 aliphatic carbocycles. The molecule has 2 aliphatic heterocycles. The molecule has 0 radical (unpaired) electrons. The number of hydrogen-bond acceptors (Lipinski definition) is 3. The quantitative estimate of drug-likeness (QED) is 0.753. The third-order valence-corrected chi connectivity index (χ3v) is 4.97. The zero-order chi connectivity index (χ0) is 16.8. The van der Waals surface area contributed by atoms with Crippen molar-refractivity contribution < 1.29 is 4.74 Å². The Morgan fingerprint density at radius 2 is 1.92 bits per heavy atom. The first-order chi connectivity index (χ1) is 11.5. The highest BCUT2D eigenvalue weighted by Crippen LogP contribution is 2.45. The average molecular weight is 341 g/mol. The summed E-state index contributed by atoms with van der Waals surface area (Å²) in [6, 6.07) is 14.6. The summed E-state index contributed by atoms with van der Waals surface area (Å²) >= 11 is 6.23. The summed E-state index contributed by atoms with van der Waals surface area (Å²) in [6.07, 6.45) is 0.829. The summed E-state index contributed by atoms with van der Waals surface area (Å²) in [5.41, 5.74) is 4.68. The molecule has 0 spiro atoms. The fraction of sp³-hybridized carbons (Fsp3) is 0.350. The van der Waals surface area contributed by atoms with Gasteiger partial charge in [-0.2, -0.15) is 5.10 Å². The molecular formula is C20H21ClN2O. The van der Waals surface area contributed by atoms with Crippen molar-refractivity contribution in [3.63, 3.8) is 0 Å². The Bertz CT molecular complexity index is 798. The number of ether oxygens (including phenoxy) is 1. The van der Waals surface area contributed by atoms with E-state index in [9.17, 15) is 0 Å². The van der Waals surface area contributed by atoms with Crippen molar-refractivity contribution in [3.05, 3.63) is 64.2 Å². The lowest BCUT2D eigenvalue weighted by molar-refractivity contribution is -0.0461. The van der Waals surface area contributed by atoms with Crippen molar-refractivity contribution in [2.75, 3.05) is 0 Å². The Balaban J connectivity index is 1.75. The predicted octanol–water partition coefficient (Wildman–Crippen LogP) is 5.17. The minimum atomic E-state index is -0.0494. The number of halogens is 1. The first-order valence-electron chi connectivity index (χ1n) is 8.42. The minimum Gasteiger partial charge on any atom is -0.468 e. The smallest absolute Gasteiger partial charge is 0.190 e. The summed E-state index contributed by atoms with van der Waals surface area (Å²) < 4.78 is 6.23. The van der Waals surface area contributed by atoms with Gasteiger partial charge in [0.05, 0.1) is 11.8 Å². The number of hydrogen-bond donors (Lipinski definition) is 0. The van der Waals surface area contributed by atoms with E-state index in [1.807, 2.05) is 18.2 Å². The van der Waals surface area contributed by atoms with E-state index in [2.05, 4.69) is 50.0 Å². The highest BCUT2D eigenvalue weighted by molar-refractivity contribution is 6.30. The molecule has 0 aromatic heterocycles. The van der Waals surface area contributed by atoms with E-state index >= 15 is 0 Å². The molecule has 0 unspecified atom stereocenters. The topological polar surface area (TPSA) is 24.8 Å². The number of aryl methyl sites for hydroxylation is 1. The monoisotopic (exact) mass is 340 g/mol. The van der Waals surface area contributed by atoms with Crippen LogP contribution in [-0.4, -0.2) is 16.9 Å².